The van der Waals surface area contributed by atoms with Crippen LogP contribution in [0.5, 0.6) is 0 Å². The highest BCUT2D eigenvalue weighted by molar-refractivity contribution is 7.15. The third-order valence-electron chi connectivity index (χ3n) is 3.92. The Balaban J connectivity index is 1.51. The van der Waals surface area contributed by atoms with Crippen molar-refractivity contribution in [2.75, 3.05) is 36.0 Å². The first kappa shape index (κ1) is 16.0. The Labute approximate surface area is 143 Å². The Morgan fingerprint density at radius 1 is 1.04 bits per heavy atom. The van der Waals surface area contributed by atoms with E-state index in [1.165, 1.54) is 0 Å². The van der Waals surface area contributed by atoms with Crippen molar-refractivity contribution in [3.05, 3.63) is 23.1 Å². The number of alkyl halides is 3. The van der Waals surface area contributed by atoms with Crippen molar-refractivity contribution in [2.45, 2.75) is 13.1 Å². The van der Waals surface area contributed by atoms with Gasteiger partial charge in [-0.2, -0.15) is 22.8 Å². The molecule has 0 aliphatic carbocycles. The molecule has 132 valence electrons. The van der Waals surface area contributed by atoms with E-state index in [1.807, 2.05) is 17.9 Å². The van der Waals surface area contributed by atoms with Gasteiger partial charge < -0.3 is 9.80 Å². The maximum Gasteiger partial charge on any atom is 0.445 e. The minimum atomic E-state index is -4.45. The number of hydrogen-bond acceptors (Lipinski definition) is 8. The first-order chi connectivity index (χ1) is 11.9. The lowest BCUT2D eigenvalue weighted by Crippen LogP contribution is -2.46. The van der Waals surface area contributed by atoms with Gasteiger partial charge in [0.2, 0.25) is 15.8 Å². The molecule has 3 aromatic heterocycles. The van der Waals surface area contributed by atoms with Gasteiger partial charge in [0.15, 0.2) is 0 Å². The van der Waals surface area contributed by atoms with E-state index in [0.29, 0.717) is 48.3 Å². The molecule has 12 heteroatoms. The van der Waals surface area contributed by atoms with Crippen molar-refractivity contribution >= 4 is 27.8 Å². The van der Waals surface area contributed by atoms with E-state index < -0.39 is 11.2 Å². The van der Waals surface area contributed by atoms with Crippen LogP contribution in [0, 0.1) is 6.92 Å². The lowest BCUT2D eigenvalue weighted by molar-refractivity contribution is -0.138. The van der Waals surface area contributed by atoms with Crippen LogP contribution in [-0.2, 0) is 6.18 Å². The molecule has 0 amide bonds. The van der Waals surface area contributed by atoms with Gasteiger partial charge in [0, 0.05) is 26.2 Å². The molecule has 1 saturated heterocycles. The largest absolute Gasteiger partial charge is 0.445 e. The van der Waals surface area contributed by atoms with Crippen molar-refractivity contribution in [1.82, 2.24) is 30.0 Å². The van der Waals surface area contributed by atoms with Gasteiger partial charge in [0.25, 0.3) is 0 Å². The van der Waals surface area contributed by atoms with E-state index in [2.05, 4.69) is 30.4 Å². The van der Waals surface area contributed by atoms with Gasteiger partial charge in [0.1, 0.15) is 6.33 Å². The van der Waals surface area contributed by atoms with Crippen molar-refractivity contribution in [3.63, 3.8) is 0 Å². The number of nitrogens with zero attached hydrogens (tertiary/aromatic N) is 8. The predicted octanol–water partition coefficient (Wildman–Crippen LogP) is 1.63. The average Bonchev–Trinajstić information content (AvgIpc) is 3.23. The minimum Gasteiger partial charge on any atom is -0.365 e. The molecule has 0 radical (unpaired) electrons. The quantitative estimate of drug-likeness (QED) is 0.679. The predicted molar refractivity (Wildman–Crippen MR) is 84.9 cm³/mol. The van der Waals surface area contributed by atoms with Crippen LogP contribution < -0.4 is 9.80 Å². The Kier molecular flexibility index (Phi) is 3.71. The molecule has 4 heterocycles. The molecular formula is C13H13F3N8S. The number of rotatable bonds is 2. The van der Waals surface area contributed by atoms with Gasteiger partial charge in [-0.25, -0.2) is 0 Å². The normalized spacial score (nSPS) is 16.0. The molecule has 0 saturated carbocycles. The lowest BCUT2D eigenvalue weighted by atomic mass is 10.2. The Bertz CT molecular complexity index is 896. The summed E-state index contributed by atoms with van der Waals surface area (Å²) in [5, 5.41) is 18.6. The number of fused-ring (bicyclic) bond motifs is 1. The monoisotopic (exact) mass is 370 g/mol. The van der Waals surface area contributed by atoms with Crippen molar-refractivity contribution in [2.24, 2.45) is 0 Å². The van der Waals surface area contributed by atoms with Crippen LogP contribution in [0.3, 0.4) is 0 Å². The number of halogens is 3. The first-order valence-electron chi connectivity index (χ1n) is 7.50. The van der Waals surface area contributed by atoms with Crippen LogP contribution in [0.15, 0.2) is 12.4 Å². The molecule has 1 fully saturated rings. The Morgan fingerprint density at radius 2 is 1.76 bits per heavy atom. The smallest absolute Gasteiger partial charge is 0.365 e. The second kappa shape index (κ2) is 5.79. The van der Waals surface area contributed by atoms with Crippen LogP contribution in [0.25, 0.3) is 5.65 Å². The van der Waals surface area contributed by atoms with Crippen molar-refractivity contribution in [1.29, 1.82) is 0 Å². The fourth-order valence-corrected chi connectivity index (χ4v) is 3.53. The highest BCUT2D eigenvalue weighted by Crippen LogP contribution is 2.34. The standard InChI is InChI=1S/C13H13F3N8S/c1-8-6-9(10-18-17-7-24(10)21-8)22-2-4-23(5-3-22)12-20-19-11(25-12)13(14,15)16/h6-7H,2-5H2,1H3. The van der Waals surface area contributed by atoms with Crippen molar-refractivity contribution in [3.8, 4) is 0 Å². The number of piperazine rings is 1. The summed E-state index contributed by atoms with van der Waals surface area (Å²) in [5.74, 6) is 0. The highest BCUT2D eigenvalue weighted by atomic mass is 32.1. The summed E-state index contributed by atoms with van der Waals surface area (Å²) in [5.41, 5.74) is 2.41. The number of hydrogen-bond donors (Lipinski definition) is 0. The Hall–Kier alpha value is -2.50. The molecule has 0 bridgehead atoms. The molecule has 1 aliphatic heterocycles. The molecule has 25 heavy (non-hydrogen) atoms. The zero-order chi connectivity index (χ0) is 17.6. The van der Waals surface area contributed by atoms with Gasteiger partial charge in [-0.15, -0.1) is 20.4 Å². The molecule has 0 spiro atoms. The van der Waals surface area contributed by atoms with Gasteiger partial charge in [-0.1, -0.05) is 11.3 Å². The average molecular weight is 370 g/mol. The van der Waals surface area contributed by atoms with Crippen LogP contribution >= 0.6 is 11.3 Å². The number of anilines is 2. The highest BCUT2D eigenvalue weighted by Gasteiger charge is 2.36. The van der Waals surface area contributed by atoms with E-state index in [9.17, 15) is 13.2 Å². The van der Waals surface area contributed by atoms with Crippen LogP contribution in [0.2, 0.25) is 0 Å². The summed E-state index contributed by atoms with van der Waals surface area (Å²) in [6.45, 7) is 4.25. The van der Waals surface area contributed by atoms with Crippen molar-refractivity contribution < 1.29 is 13.2 Å². The van der Waals surface area contributed by atoms with E-state index >= 15 is 0 Å². The third kappa shape index (κ3) is 2.97. The summed E-state index contributed by atoms with van der Waals surface area (Å²) in [7, 11) is 0. The summed E-state index contributed by atoms with van der Waals surface area (Å²) in [4.78, 5) is 3.94. The van der Waals surface area contributed by atoms with Gasteiger partial charge in [-0.3, -0.25) is 0 Å². The maximum atomic E-state index is 12.7. The molecule has 1 aliphatic rings. The second-order valence-electron chi connectivity index (χ2n) is 5.63. The SMILES string of the molecule is Cc1cc(N2CCN(c3nnc(C(F)(F)F)s3)CC2)c2nncn2n1. The molecule has 0 N–H and O–H groups in total. The van der Waals surface area contributed by atoms with Crippen LogP contribution in [-0.4, -0.2) is 56.2 Å². The summed E-state index contributed by atoms with van der Waals surface area (Å²) >= 11 is 0.573. The molecule has 0 atom stereocenters. The summed E-state index contributed by atoms with van der Waals surface area (Å²) in [6, 6.07) is 1.94. The van der Waals surface area contributed by atoms with E-state index in [-0.39, 0.29) is 0 Å². The van der Waals surface area contributed by atoms with E-state index in [1.54, 1.807) is 10.8 Å². The topological polar surface area (TPSA) is 75.3 Å². The Morgan fingerprint density at radius 3 is 2.44 bits per heavy atom. The zero-order valence-corrected chi connectivity index (χ0v) is 13.9. The van der Waals surface area contributed by atoms with Gasteiger partial charge >= 0.3 is 6.18 Å². The lowest BCUT2D eigenvalue weighted by Gasteiger charge is -2.35. The number of aryl methyl sites for hydroxylation is 1. The number of aromatic nitrogens is 6. The van der Waals surface area contributed by atoms with E-state index in [4.69, 9.17) is 0 Å². The fourth-order valence-electron chi connectivity index (χ4n) is 2.76. The maximum absolute atomic E-state index is 12.7. The third-order valence-corrected chi connectivity index (χ3v) is 4.95. The summed E-state index contributed by atoms with van der Waals surface area (Å²) < 4.78 is 39.6. The van der Waals surface area contributed by atoms with Crippen LogP contribution in [0.1, 0.15) is 10.7 Å². The molecular weight excluding hydrogens is 357 g/mol. The molecule has 4 rings (SSSR count). The molecule has 3 aromatic rings. The minimum absolute atomic E-state index is 0.297. The molecule has 8 nitrogen and oxygen atoms in total. The second-order valence-corrected chi connectivity index (χ2v) is 6.59. The van der Waals surface area contributed by atoms with E-state index in [0.717, 1.165) is 11.4 Å². The molecule has 0 unspecified atom stereocenters. The van der Waals surface area contributed by atoms with Crippen LogP contribution in [0.4, 0.5) is 24.0 Å². The summed E-state index contributed by atoms with van der Waals surface area (Å²) in [6.07, 6.45) is -2.91. The van der Waals surface area contributed by atoms with Gasteiger partial charge in [-0.05, 0) is 13.0 Å². The first-order valence-corrected chi connectivity index (χ1v) is 8.32. The molecule has 0 aromatic carbocycles. The fraction of sp³-hybridized carbons (Fsp3) is 0.462. The zero-order valence-electron chi connectivity index (χ0n) is 13.1. The van der Waals surface area contributed by atoms with Gasteiger partial charge in [0.05, 0.1) is 11.4 Å².